The van der Waals surface area contributed by atoms with Crippen LogP contribution in [0.3, 0.4) is 0 Å². The first-order valence-corrected chi connectivity index (χ1v) is 9.67. The Hall–Kier alpha value is -3.63. The molecule has 0 radical (unpaired) electrons. The van der Waals surface area contributed by atoms with Gasteiger partial charge in [0.1, 0.15) is 29.8 Å². The zero-order valence-corrected chi connectivity index (χ0v) is 18.3. The first kappa shape index (κ1) is 24.6. The van der Waals surface area contributed by atoms with Gasteiger partial charge in [0.2, 0.25) is 11.9 Å². The van der Waals surface area contributed by atoms with Crippen LogP contribution in [0.25, 0.3) is 0 Å². The fourth-order valence-electron chi connectivity index (χ4n) is 2.39. The fourth-order valence-corrected chi connectivity index (χ4v) is 2.39. The number of amides is 1. The quantitative estimate of drug-likeness (QED) is 0.535. The number of nitrogens with zero attached hydrogens (tertiary/aromatic N) is 4. The summed E-state index contributed by atoms with van der Waals surface area (Å²) in [5.74, 6) is -2.76. The third-order valence-corrected chi connectivity index (χ3v) is 4.48. The minimum absolute atomic E-state index is 0.0654. The Labute approximate surface area is 184 Å². The van der Waals surface area contributed by atoms with E-state index in [1.807, 2.05) is 20.8 Å². The van der Waals surface area contributed by atoms with E-state index in [0.717, 1.165) is 0 Å². The number of likely N-dealkylation sites (N-methyl/N-ethyl adjacent to an activating group) is 1. The molecule has 0 aliphatic rings. The highest BCUT2D eigenvalue weighted by atomic mass is 19.1. The highest BCUT2D eigenvalue weighted by Gasteiger charge is 2.21. The van der Waals surface area contributed by atoms with Crippen molar-refractivity contribution in [3.8, 4) is 0 Å². The van der Waals surface area contributed by atoms with Crippen LogP contribution in [-0.2, 0) is 11.3 Å². The summed E-state index contributed by atoms with van der Waals surface area (Å²) >= 11 is 0. The molecule has 0 bridgehead atoms. The number of rotatable bonds is 8. The van der Waals surface area contributed by atoms with Gasteiger partial charge in [-0.15, -0.1) is 0 Å². The molecule has 172 valence electrons. The summed E-state index contributed by atoms with van der Waals surface area (Å²) < 4.78 is 40.6. The van der Waals surface area contributed by atoms with E-state index >= 15 is 0 Å². The molecule has 0 unspecified atom stereocenters. The van der Waals surface area contributed by atoms with Gasteiger partial charge in [-0.05, 0) is 26.8 Å². The number of anilines is 2. The van der Waals surface area contributed by atoms with Crippen molar-refractivity contribution in [2.45, 2.75) is 32.9 Å². The van der Waals surface area contributed by atoms with Crippen LogP contribution in [0.5, 0.6) is 0 Å². The van der Waals surface area contributed by atoms with E-state index in [0.29, 0.717) is 17.8 Å². The maximum Gasteiger partial charge on any atom is 0.244 e. The molecule has 0 aliphatic carbocycles. The number of nitrogens with one attached hydrogen (secondary N) is 2. The average molecular weight is 449 g/mol. The topological polar surface area (TPSA) is 109 Å². The van der Waals surface area contributed by atoms with E-state index in [2.05, 4.69) is 25.6 Å². The van der Waals surface area contributed by atoms with Gasteiger partial charge >= 0.3 is 0 Å². The predicted molar refractivity (Wildman–Crippen MR) is 117 cm³/mol. The Balaban J connectivity index is 2.00. The van der Waals surface area contributed by atoms with Gasteiger partial charge in [-0.3, -0.25) is 9.79 Å². The molecule has 1 aromatic heterocycles. The van der Waals surface area contributed by atoms with Crippen LogP contribution in [0.1, 0.15) is 26.3 Å². The van der Waals surface area contributed by atoms with Crippen molar-refractivity contribution in [3.63, 3.8) is 0 Å². The molecule has 0 saturated carbocycles. The summed E-state index contributed by atoms with van der Waals surface area (Å²) in [6, 6.07) is 2.70. The third-order valence-electron chi connectivity index (χ3n) is 4.48. The zero-order chi connectivity index (χ0) is 23.9. The summed E-state index contributed by atoms with van der Waals surface area (Å²) in [7, 11) is 1.70. The van der Waals surface area contributed by atoms with Crippen molar-refractivity contribution in [2.75, 3.05) is 24.2 Å². The maximum absolute atomic E-state index is 13.8. The highest BCUT2D eigenvalue weighted by Crippen LogP contribution is 2.17. The molecule has 0 aliphatic heterocycles. The molecule has 4 N–H and O–H groups in total. The van der Waals surface area contributed by atoms with E-state index in [9.17, 15) is 18.0 Å². The Morgan fingerprint density at radius 1 is 1.25 bits per heavy atom. The van der Waals surface area contributed by atoms with Gasteiger partial charge in [0, 0.05) is 55.4 Å². The summed E-state index contributed by atoms with van der Waals surface area (Å²) in [4.78, 5) is 26.0. The third kappa shape index (κ3) is 6.96. The number of nitrogens with two attached hydrogens (primary N) is 1. The Morgan fingerprint density at radius 2 is 1.91 bits per heavy atom. The van der Waals surface area contributed by atoms with Crippen LogP contribution >= 0.6 is 0 Å². The molecule has 0 fully saturated rings. The smallest absolute Gasteiger partial charge is 0.244 e. The van der Waals surface area contributed by atoms with Crippen LogP contribution in [0.15, 0.2) is 41.3 Å². The number of aromatic nitrogens is 2. The van der Waals surface area contributed by atoms with Crippen LogP contribution in [-0.4, -0.2) is 46.1 Å². The van der Waals surface area contributed by atoms with Crippen molar-refractivity contribution in [1.82, 2.24) is 14.9 Å². The lowest BCUT2D eigenvalue weighted by molar-refractivity contribution is -0.132. The van der Waals surface area contributed by atoms with Crippen molar-refractivity contribution in [3.05, 3.63) is 59.3 Å². The Bertz CT molecular complexity index is 996. The molecule has 11 heteroatoms. The van der Waals surface area contributed by atoms with Gasteiger partial charge in [0.15, 0.2) is 0 Å². The van der Waals surface area contributed by atoms with Gasteiger partial charge in [0.25, 0.3) is 0 Å². The molecule has 8 nitrogen and oxygen atoms in total. The lowest BCUT2D eigenvalue weighted by atomic mass is 10.1. The van der Waals surface area contributed by atoms with Crippen LogP contribution < -0.4 is 16.4 Å². The summed E-state index contributed by atoms with van der Waals surface area (Å²) in [5.41, 5.74) is 5.28. The molecule has 2 aromatic rings. The number of aliphatic imine (C=N–C) groups is 1. The van der Waals surface area contributed by atoms with E-state index in [-0.39, 0.29) is 41.9 Å². The van der Waals surface area contributed by atoms with Gasteiger partial charge in [0.05, 0.1) is 5.70 Å². The standard InChI is InChI=1S/C21H26F3N7O/c1-21(2,3)31(4)19(32)12-26-10-14(9-25)29-20-27-6-5-18(30-20)28-11-15-16(23)7-13(22)8-17(15)24/h5-10H,11-12,25H2,1-4H3,(H2,27,28,29,30). The minimum Gasteiger partial charge on any atom is -0.403 e. The lowest BCUT2D eigenvalue weighted by Crippen LogP contribution is -2.43. The molecule has 0 atom stereocenters. The second-order valence-electron chi connectivity index (χ2n) is 7.81. The van der Waals surface area contributed by atoms with Crippen LogP contribution in [0.4, 0.5) is 24.9 Å². The van der Waals surface area contributed by atoms with Gasteiger partial charge in [-0.1, -0.05) is 0 Å². The fraction of sp³-hybridized carbons (Fsp3) is 0.333. The molecular weight excluding hydrogens is 423 g/mol. The molecule has 2 rings (SSSR count). The number of hydrogen-bond acceptors (Lipinski definition) is 7. The number of halogens is 3. The lowest BCUT2D eigenvalue weighted by Gasteiger charge is -2.31. The zero-order valence-electron chi connectivity index (χ0n) is 18.3. The maximum atomic E-state index is 13.8. The summed E-state index contributed by atoms with van der Waals surface area (Å²) in [6.45, 7) is 5.43. The molecule has 32 heavy (non-hydrogen) atoms. The van der Waals surface area contributed by atoms with E-state index < -0.39 is 17.5 Å². The Morgan fingerprint density at radius 3 is 2.50 bits per heavy atom. The average Bonchev–Trinajstić information content (AvgIpc) is 2.71. The van der Waals surface area contributed by atoms with Gasteiger partial charge in [-0.25, -0.2) is 18.2 Å². The number of allylic oxidation sites excluding steroid dienone is 1. The molecule has 1 heterocycles. The number of carbonyl (C=O) groups excluding carboxylic acids is 1. The minimum atomic E-state index is -1.00. The number of hydrogen-bond donors (Lipinski definition) is 3. The second kappa shape index (κ2) is 10.6. The summed E-state index contributed by atoms with van der Waals surface area (Å²) in [5, 5.41) is 5.58. The monoisotopic (exact) mass is 449 g/mol. The summed E-state index contributed by atoms with van der Waals surface area (Å²) in [6.07, 6.45) is 4.03. The molecule has 0 spiro atoms. The van der Waals surface area contributed by atoms with Crippen LogP contribution in [0, 0.1) is 17.5 Å². The molecule has 1 amide bonds. The molecule has 0 saturated heterocycles. The van der Waals surface area contributed by atoms with E-state index in [4.69, 9.17) is 5.73 Å². The van der Waals surface area contributed by atoms with Crippen molar-refractivity contribution < 1.29 is 18.0 Å². The van der Waals surface area contributed by atoms with Gasteiger partial charge < -0.3 is 21.3 Å². The molecular formula is C21H26F3N7O. The van der Waals surface area contributed by atoms with E-state index in [1.165, 1.54) is 24.7 Å². The van der Waals surface area contributed by atoms with Crippen molar-refractivity contribution in [1.29, 1.82) is 0 Å². The SMILES string of the molecule is CN(C(=O)CN=CC(=CN)Nc1nccc(NCc2c(F)cc(F)cc2F)n1)C(C)(C)C. The van der Waals surface area contributed by atoms with E-state index in [1.54, 1.807) is 11.9 Å². The van der Waals surface area contributed by atoms with Crippen LogP contribution in [0.2, 0.25) is 0 Å². The largest absolute Gasteiger partial charge is 0.403 e. The van der Waals surface area contributed by atoms with Crippen molar-refractivity contribution >= 4 is 23.9 Å². The van der Waals surface area contributed by atoms with Crippen molar-refractivity contribution in [2.24, 2.45) is 10.7 Å². The second-order valence-corrected chi connectivity index (χ2v) is 7.81. The highest BCUT2D eigenvalue weighted by molar-refractivity contribution is 5.85. The Kier molecular flexibility index (Phi) is 8.16. The number of carbonyl (C=O) groups is 1. The first-order valence-electron chi connectivity index (χ1n) is 9.67. The predicted octanol–water partition coefficient (Wildman–Crippen LogP) is 3.05. The number of benzene rings is 1. The van der Waals surface area contributed by atoms with Gasteiger partial charge in [-0.2, -0.15) is 4.98 Å². The normalized spacial score (nSPS) is 12.2. The molecule has 1 aromatic carbocycles. The first-order chi connectivity index (χ1) is 15.0.